The van der Waals surface area contributed by atoms with Crippen LogP contribution in [-0.4, -0.2) is 33.0 Å². The van der Waals surface area contributed by atoms with Crippen LogP contribution in [0.1, 0.15) is 41.0 Å². The lowest BCUT2D eigenvalue weighted by Gasteiger charge is -2.19. The van der Waals surface area contributed by atoms with Crippen molar-refractivity contribution in [2.45, 2.75) is 30.1 Å². The quantitative estimate of drug-likeness (QED) is 0.197. The molecule has 1 aromatic heterocycles. The van der Waals surface area contributed by atoms with E-state index in [2.05, 4.69) is 15.8 Å². The number of aromatic nitrogens is 1. The van der Waals surface area contributed by atoms with Crippen molar-refractivity contribution in [3.05, 3.63) is 137 Å². The van der Waals surface area contributed by atoms with Gasteiger partial charge in [-0.05, 0) is 65.4 Å². The highest BCUT2D eigenvalue weighted by molar-refractivity contribution is 7.89. The van der Waals surface area contributed by atoms with Crippen LogP contribution >= 0.6 is 11.6 Å². The fourth-order valence-electron chi connectivity index (χ4n) is 4.35. The molecule has 4 aromatic rings. The first-order valence-electron chi connectivity index (χ1n) is 12.9. The number of hydrogen-bond acceptors (Lipinski definition) is 5. The highest BCUT2D eigenvalue weighted by Crippen LogP contribution is 2.28. The number of esters is 1. The molecule has 4 rings (SSSR count). The van der Waals surface area contributed by atoms with E-state index < -0.39 is 10.0 Å². The summed E-state index contributed by atoms with van der Waals surface area (Å²) in [5, 5.41) is 0.470. The first kappa shape index (κ1) is 29.2. The van der Waals surface area contributed by atoms with Crippen LogP contribution in [0.5, 0.6) is 0 Å². The third-order valence-corrected chi connectivity index (χ3v) is 8.30. The van der Waals surface area contributed by atoms with Gasteiger partial charge < -0.3 is 4.74 Å². The van der Waals surface area contributed by atoms with Crippen LogP contribution in [-0.2, 0) is 26.0 Å². The number of nitrogens with zero attached hydrogens (tertiary/aromatic N) is 1. The molecule has 0 aliphatic rings. The largest absolute Gasteiger partial charge is 0.469 e. The number of rotatable bonds is 12. The van der Waals surface area contributed by atoms with Gasteiger partial charge in [0.1, 0.15) is 0 Å². The zero-order chi connectivity index (χ0) is 28.4. The van der Waals surface area contributed by atoms with Crippen molar-refractivity contribution < 1.29 is 17.9 Å². The minimum atomic E-state index is -3.74. The minimum Gasteiger partial charge on any atom is -0.469 e. The number of aryl methyl sites for hydroxylation is 1. The number of pyridine rings is 1. The maximum Gasteiger partial charge on any atom is 0.305 e. The molecule has 0 aliphatic carbocycles. The van der Waals surface area contributed by atoms with Crippen LogP contribution in [0.25, 0.3) is 5.57 Å². The number of benzene rings is 3. The molecule has 206 valence electrons. The Morgan fingerprint density at radius 1 is 0.950 bits per heavy atom. The maximum absolute atomic E-state index is 13.1. The van der Waals surface area contributed by atoms with Gasteiger partial charge in [-0.15, -0.1) is 0 Å². The van der Waals surface area contributed by atoms with Gasteiger partial charge in [0, 0.05) is 41.9 Å². The molecule has 0 bridgehead atoms. The molecule has 1 unspecified atom stereocenters. The van der Waals surface area contributed by atoms with Crippen molar-refractivity contribution in [3.63, 3.8) is 0 Å². The molecule has 0 saturated heterocycles. The number of sulfonamides is 1. The number of ether oxygens (including phenoxy) is 1. The standard InChI is InChI=1S/C32H31ClN2O4S/c1-39-32(36)20-11-24-9-12-25(13-10-24)27(23-35-40(37,38)30-17-15-29(33)16-18-30)14-19-31(26-6-3-2-4-7-26)28-8-5-21-34-22-28/h2-10,12-13,15-19,21-22,27,35H,11,14,20,23H2,1H3. The van der Waals surface area contributed by atoms with Crippen molar-refractivity contribution in [2.75, 3.05) is 13.7 Å². The van der Waals surface area contributed by atoms with Crippen LogP contribution < -0.4 is 4.72 Å². The van der Waals surface area contributed by atoms with Gasteiger partial charge in [0.2, 0.25) is 10.0 Å². The average molecular weight is 575 g/mol. The summed E-state index contributed by atoms with van der Waals surface area (Å²) < 4.78 is 33.7. The molecule has 0 amide bonds. The second kappa shape index (κ2) is 14.0. The fourth-order valence-corrected chi connectivity index (χ4v) is 5.56. The first-order valence-corrected chi connectivity index (χ1v) is 14.8. The maximum atomic E-state index is 13.1. The Hall–Kier alpha value is -3.78. The molecule has 6 nitrogen and oxygen atoms in total. The molecular weight excluding hydrogens is 544 g/mol. The van der Waals surface area contributed by atoms with Crippen LogP contribution in [0, 0.1) is 0 Å². The van der Waals surface area contributed by atoms with Gasteiger partial charge in [0.05, 0.1) is 12.0 Å². The summed E-state index contributed by atoms with van der Waals surface area (Å²) in [6, 6.07) is 28.0. The van der Waals surface area contributed by atoms with Gasteiger partial charge in [-0.2, -0.15) is 0 Å². The molecule has 3 aromatic carbocycles. The van der Waals surface area contributed by atoms with Crippen LogP contribution in [0.4, 0.5) is 0 Å². The van der Waals surface area contributed by atoms with E-state index in [-0.39, 0.29) is 23.3 Å². The number of carbonyl (C=O) groups is 1. The normalized spacial score (nSPS) is 12.6. The lowest BCUT2D eigenvalue weighted by Crippen LogP contribution is -2.28. The monoisotopic (exact) mass is 574 g/mol. The molecule has 0 saturated carbocycles. The van der Waals surface area contributed by atoms with Crippen LogP contribution in [0.3, 0.4) is 0 Å². The van der Waals surface area contributed by atoms with Crippen molar-refractivity contribution in [1.82, 2.24) is 9.71 Å². The second-order valence-electron chi connectivity index (χ2n) is 9.28. The molecule has 0 fully saturated rings. The van der Waals surface area contributed by atoms with E-state index in [9.17, 15) is 13.2 Å². The zero-order valence-electron chi connectivity index (χ0n) is 22.2. The van der Waals surface area contributed by atoms with Crippen molar-refractivity contribution in [3.8, 4) is 0 Å². The predicted octanol–water partition coefficient (Wildman–Crippen LogP) is 6.42. The van der Waals surface area contributed by atoms with Gasteiger partial charge in [0.25, 0.3) is 0 Å². The van der Waals surface area contributed by atoms with E-state index in [4.69, 9.17) is 16.3 Å². The average Bonchev–Trinajstić information content (AvgIpc) is 2.99. The number of carbonyl (C=O) groups excluding carboxylic acids is 1. The molecule has 0 spiro atoms. The van der Waals surface area contributed by atoms with Gasteiger partial charge in [-0.1, -0.05) is 78.3 Å². The van der Waals surface area contributed by atoms with Crippen LogP contribution in [0.15, 0.2) is 114 Å². The van der Waals surface area contributed by atoms with Crippen molar-refractivity contribution in [2.24, 2.45) is 0 Å². The van der Waals surface area contributed by atoms with E-state index in [1.807, 2.05) is 72.9 Å². The third kappa shape index (κ3) is 8.11. The summed E-state index contributed by atoms with van der Waals surface area (Å²) in [5.41, 5.74) is 5.04. The van der Waals surface area contributed by atoms with E-state index >= 15 is 0 Å². The zero-order valence-corrected chi connectivity index (χ0v) is 23.7. The summed E-state index contributed by atoms with van der Waals surface area (Å²) in [4.78, 5) is 16.0. The highest BCUT2D eigenvalue weighted by atomic mass is 35.5. The lowest BCUT2D eigenvalue weighted by atomic mass is 9.91. The Bertz CT molecular complexity index is 1480. The molecular formula is C32H31ClN2O4S. The fraction of sp³-hybridized carbons (Fsp3) is 0.188. The first-order chi connectivity index (χ1) is 19.4. The lowest BCUT2D eigenvalue weighted by molar-refractivity contribution is -0.140. The summed E-state index contributed by atoms with van der Waals surface area (Å²) in [5.74, 6) is -0.417. The second-order valence-corrected chi connectivity index (χ2v) is 11.5. The van der Waals surface area contributed by atoms with E-state index in [0.29, 0.717) is 24.3 Å². The smallest absolute Gasteiger partial charge is 0.305 e. The Morgan fingerprint density at radius 3 is 2.30 bits per heavy atom. The summed E-state index contributed by atoms with van der Waals surface area (Å²) in [7, 11) is -2.36. The van der Waals surface area contributed by atoms with E-state index in [1.165, 1.54) is 19.2 Å². The third-order valence-electron chi connectivity index (χ3n) is 6.60. The van der Waals surface area contributed by atoms with Crippen molar-refractivity contribution >= 4 is 33.2 Å². The summed E-state index contributed by atoms with van der Waals surface area (Å²) >= 11 is 5.95. The Balaban J connectivity index is 1.62. The number of hydrogen-bond donors (Lipinski definition) is 1. The van der Waals surface area contributed by atoms with Gasteiger partial charge in [-0.3, -0.25) is 9.78 Å². The molecule has 1 heterocycles. The Kier molecular flexibility index (Phi) is 10.2. The van der Waals surface area contributed by atoms with Gasteiger partial charge >= 0.3 is 5.97 Å². The van der Waals surface area contributed by atoms with Crippen LogP contribution in [0.2, 0.25) is 5.02 Å². The summed E-state index contributed by atoms with van der Waals surface area (Å²) in [6.45, 7) is 0.193. The molecule has 40 heavy (non-hydrogen) atoms. The minimum absolute atomic E-state index is 0.157. The Morgan fingerprint density at radius 2 is 1.65 bits per heavy atom. The summed E-state index contributed by atoms with van der Waals surface area (Å²) in [6.07, 6.45) is 7.15. The highest BCUT2D eigenvalue weighted by Gasteiger charge is 2.19. The SMILES string of the molecule is COC(=O)CCc1ccc(C(CC=C(c2ccccc2)c2cccnc2)CNS(=O)(=O)c2ccc(Cl)cc2)cc1. The molecule has 8 heteroatoms. The molecule has 1 N–H and O–H groups in total. The van der Waals surface area contributed by atoms with Gasteiger partial charge in [-0.25, -0.2) is 13.1 Å². The molecule has 0 radical (unpaired) electrons. The number of halogens is 1. The number of allylic oxidation sites excluding steroid dienone is 1. The number of methoxy groups -OCH3 is 1. The Labute approximate surface area is 240 Å². The van der Waals surface area contributed by atoms with E-state index in [0.717, 1.165) is 27.8 Å². The van der Waals surface area contributed by atoms with Gasteiger partial charge in [0.15, 0.2) is 0 Å². The predicted molar refractivity (Wildman–Crippen MR) is 159 cm³/mol. The number of nitrogens with one attached hydrogen (secondary N) is 1. The van der Waals surface area contributed by atoms with Crippen molar-refractivity contribution in [1.29, 1.82) is 0 Å². The van der Waals surface area contributed by atoms with E-state index in [1.54, 1.807) is 18.3 Å². The molecule has 1 atom stereocenters. The molecule has 0 aliphatic heterocycles. The topological polar surface area (TPSA) is 85.4 Å².